The van der Waals surface area contributed by atoms with Crippen LogP contribution in [-0.4, -0.2) is 49.4 Å². The summed E-state index contributed by atoms with van der Waals surface area (Å²) >= 11 is 0. The number of aryl methyl sites for hydroxylation is 2. The summed E-state index contributed by atoms with van der Waals surface area (Å²) in [6.45, 7) is 6.53. The number of benzene rings is 2. The minimum absolute atomic E-state index is 0.153. The number of para-hydroxylation sites is 1. The van der Waals surface area contributed by atoms with Gasteiger partial charge < -0.3 is 4.90 Å². The molecule has 0 spiro atoms. The van der Waals surface area contributed by atoms with Crippen LogP contribution in [0, 0.1) is 6.92 Å². The van der Waals surface area contributed by atoms with Crippen molar-refractivity contribution in [3.05, 3.63) is 65.7 Å². The zero-order chi connectivity index (χ0) is 20.5. The Bertz CT molecular complexity index is 802. The molecule has 0 radical (unpaired) electrons. The van der Waals surface area contributed by atoms with E-state index in [9.17, 15) is 9.59 Å². The molecule has 0 saturated carbocycles. The lowest BCUT2D eigenvalue weighted by Gasteiger charge is -2.36. The van der Waals surface area contributed by atoms with Crippen LogP contribution in [0.2, 0.25) is 0 Å². The molecule has 0 unspecified atom stereocenters. The van der Waals surface area contributed by atoms with Crippen LogP contribution in [0.3, 0.4) is 0 Å². The summed E-state index contributed by atoms with van der Waals surface area (Å²) in [6, 6.07) is 18.5. The van der Waals surface area contributed by atoms with E-state index in [0.29, 0.717) is 25.8 Å². The molecule has 6 heteroatoms. The summed E-state index contributed by atoms with van der Waals surface area (Å²) < 4.78 is 0. The van der Waals surface area contributed by atoms with Crippen LogP contribution in [0.1, 0.15) is 24.0 Å². The van der Waals surface area contributed by atoms with Gasteiger partial charge in [-0.1, -0.05) is 48.0 Å². The summed E-state index contributed by atoms with van der Waals surface area (Å²) in [6.07, 6.45) is 1.39. The molecular weight excluding hydrogens is 364 g/mol. The first-order chi connectivity index (χ1) is 14.1. The van der Waals surface area contributed by atoms with E-state index in [4.69, 9.17) is 0 Å². The van der Waals surface area contributed by atoms with Crippen molar-refractivity contribution in [2.75, 3.05) is 37.6 Å². The Kier molecular flexibility index (Phi) is 7.64. The number of hydrogen-bond acceptors (Lipinski definition) is 4. The molecule has 1 aliphatic heterocycles. The van der Waals surface area contributed by atoms with Gasteiger partial charge in [0.05, 0.1) is 0 Å². The Balaban J connectivity index is 1.29. The maximum atomic E-state index is 12.0. The van der Waals surface area contributed by atoms with Crippen LogP contribution in [0.25, 0.3) is 0 Å². The molecule has 154 valence electrons. The van der Waals surface area contributed by atoms with Crippen molar-refractivity contribution in [1.82, 2.24) is 15.8 Å². The van der Waals surface area contributed by atoms with Crippen molar-refractivity contribution in [2.45, 2.75) is 26.2 Å². The molecular formula is C23H30N4O2. The molecule has 1 heterocycles. The second kappa shape index (κ2) is 10.6. The lowest BCUT2D eigenvalue weighted by atomic mass is 10.1. The molecule has 1 fully saturated rings. The largest absolute Gasteiger partial charge is 0.369 e. The summed E-state index contributed by atoms with van der Waals surface area (Å²) in [4.78, 5) is 28.6. The molecule has 3 rings (SSSR count). The van der Waals surface area contributed by atoms with Crippen molar-refractivity contribution in [3.8, 4) is 0 Å². The highest BCUT2D eigenvalue weighted by Gasteiger charge is 2.17. The monoisotopic (exact) mass is 394 g/mol. The number of carbonyl (C=O) groups excluding carboxylic acids is 2. The topological polar surface area (TPSA) is 64.7 Å². The predicted molar refractivity (Wildman–Crippen MR) is 115 cm³/mol. The number of hydrazine groups is 1. The molecule has 2 N–H and O–H groups in total. The van der Waals surface area contributed by atoms with E-state index < -0.39 is 0 Å². The van der Waals surface area contributed by atoms with Crippen LogP contribution < -0.4 is 15.8 Å². The highest BCUT2D eigenvalue weighted by molar-refractivity contribution is 5.82. The third-order valence-corrected chi connectivity index (χ3v) is 5.21. The van der Waals surface area contributed by atoms with Gasteiger partial charge in [-0.15, -0.1) is 0 Å². The Labute approximate surface area is 172 Å². The number of amides is 2. The van der Waals surface area contributed by atoms with E-state index in [1.165, 1.54) is 11.3 Å². The minimum atomic E-state index is -0.170. The quantitative estimate of drug-likeness (QED) is 0.708. The second-order valence-corrected chi connectivity index (χ2v) is 7.50. The van der Waals surface area contributed by atoms with Crippen molar-refractivity contribution < 1.29 is 9.59 Å². The summed E-state index contributed by atoms with van der Waals surface area (Å²) in [7, 11) is 0. The number of hydrogen-bond donors (Lipinski definition) is 2. The molecule has 2 aromatic rings. The lowest BCUT2D eigenvalue weighted by molar-refractivity contribution is -0.129. The fourth-order valence-electron chi connectivity index (χ4n) is 3.52. The van der Waals surface area contributed by atoms with E-state index in [1.54, 1.807) is 0 Å². The SMILES string of the molecule is Cc1cccc(CCC(=O)NNC(=O)CCN2CCN(c3ccccc3)CC2)c1. The van der Waals surface area contributed by atoms with Crippen LogP contribution in [0.5, 0.6) is 0 Å². The number of nitrogens with zero attached hydrogens (tertiary/aromatic N) is 2. The van der Waals surface area contributed by atoms with E-state index in [2.05, 4.69) is 51.0 Å². The van der Waals surface area contributed by atoms with Crippen molar-refractivity contribution in [1.29, 1.82) is 0 Å². The molecule has 29 heavy (non-hydrogen) atoms. The molecule has 0 aromatic heterocycles. The van der Waals surface area contributed by atoms with Gasteiger partial charge in [0, 0.05) is 51.3 Å². The fourth-order valence-corrected chi connectivity index (χ4v) is 3.52. The van der Waals surface area contributed by atoms with Gasteiger partial charge in [-0.05, 0) is 31.0 Å². The first kappa shape index (κ1) is 20.9. The highest BCUT2D eigenvalue weighted by atomic mass is 16.2. The molecule has 0 atom stereocenters. The minimum Gasteiger partial charge on any atom is -0.369 e. The normalized spacial score (nSPS) is 14.4. The van der Waals surface area contributed by atoms with Crippen molar-refractivity contribution in [3.63, 3.8) is 0 Å². The summed E-state index contributed by atoms with van der Waals surface area (Å²) in [5.41, 5.74) is 8.60. The van der Waals surface area contributed by atoms with Gasteiger partial charge in [0.2, 0.25) is 11.8 Å². The van der Waals surface area contributed by atoms with E-state index in [1.807, 2.05) is 31.2 Å². The van der Waals surface area contributed by atoms with Gasteiger partial charge in [0.15, 0.2) is 0 Å². The Hall–Kier alpha value is -2.86. The maximum Gasteiger partial charge on any atom is 0.239 e. The third kappa shape index (κ3) is 6.91. The Morgan fingerprint density at radius 2 is 1.55 bits per heavy atom. The Morgan fingerprint density at radius 3 is 2.24 bits per heavy atom. The van der Waals surface area contributed by atoms with Gasteiger partial charge >= 0.3 is 0 Å². The Morgan fingerprint density at radius 1 is 0.862 bits per heavy atom. The molecule has 2 amide bonds. The van der Waals surface area contributed by atoms with Gasteiger partial charge in [-0.3, -0.25) is 25.3 Å². The lowest BCUT2D eigenvalue weighted by Crippen LogP contribution is -2.48. The molecule has 0 bridgehead atoms. The van der Waals surface area contributed by atoms with Crippen molar-refractivity contribution in [2.24, 2.45) is 0 Å². The first-order valence-electron chi connectivity index (χ1n) is 10.3. The number of piperazine rings is 1. The van der Waals surface area contributed by atoms with Crippen molar-refractivity contribution >= 4 is 17.5 Å². The maximum absolute atomic E-state index is 12.0. The van der Waals surface area contributed by atoms with E-state index >= 15 is 0 Å². The smallest absolute Gasteiger partial charge is 0.239 e. The molecule has 6 nitrogen and oxygen atoms in total. The van der Waals surface area contributed by atoms with E-state index in [0.717, 1.165) is 31.7 Å². The van der Waals surface area contributed by atoms with Gasteiger partial charge in [-0.25, -0.2) is 0 Å². The zero-order valence-electron chi connectivity index (χ0n) is 17.1. The first-order valence-corrected chi connectivity index (χ1v) is 10.3. The molecule has 1 saturated heterocycles. The number of rotatable bonds is 7. The fraction of sp³-hybridized carbons (Fsp3) is 0.391. The van der Waals surface area contributed by atoms with Gasteiger partial charge in [0.1, 0.15) is 0 Å². The predicted octanol–water partition coefficient (Wildman–Crippen LogP) is 2.29. The average molecular weight is 395 g/mol. The standard InChI is InChI=1S/C23H30N4O2/c1-19-6-5-7-20(18-19)10-11-22(28)24-25-23(29)12-13-26-14-16-27(17-15-26)21-8-3-2-4-9-21/h2-9,18H,10-17H2,1H3,(H,24,28)(H,25,29). The highest BCUT2D eigenvalue weighted by Crippen LogP contribution is 2.15. The molecule has 2 aromatic carbocycles. The number of nitrogens with one attached hydrogen (secondary N) is 2. The van der Waals surface area contributed by atoms with Crippen LogP contribution in [0.15, 0.2) is 54.6 Å². The van der Waals surface area contributed by atoms with Gasteiger partial charge in [-0.2, -0.15) is 0 Å². The van der Waals surface area contributed by atoms with E-state index in [-0.39, 0.29) is 11.8 Å². The van der Waals surface area contributed by atoms with Crippen LogP contribution in [-0.2, 0) is 16.0 Å². The summed E-state index contributed by atoms with van der Waals surface area (Å²) in [5, 5.41) is 0. The zero-order valence-corrected chi connectivity index (χ0v) is 17.1. The van der Waals surface area contributed by atoms with Crippen LogP contribution in [0.4, 0.5) is 5.69 Å². The molecule has 1 aliphatic rings. The van der Waals surface area contributed by atoms with Crippen LogP contribution >= 0.6 is 0 Å². The third-order valence-electron chi connectivity index (χ3n) is 5.21. The average Bonchev–Trinajstić information content (AvgIpc) is 2.76. The molecule has 0 aliphatic carbocycles. The second-order valence-electron chi connectivity index (χ2n) is 7.50. The van der Waals surface area contributed by atoms with Gasteiger partial charge in [0.25, 0.3) is 0 Å². The summed E-state index contributed by atoms with van der Waals surface area (Å²) in [5.74, 6) is -0.323. The number of carbonyl (C=O) groups is 2. The number of anilines is 1.